The van der Waals surface area contributed by atoms with Gasteiger partial charge in [-0.25, -0.2) is 4.98 Å². The Morgan fingerprint density at radius 1 is 0.689 bits per heavy atom. The van der Waals surface area contributed by atoms with E-state index in [9.17, 15) is 0 Å². The summed E-state index contributed by atoms with van der Waals surface area (Å²) in [5.41, 5.74) is 6.95. The van der Waals surface area contributed by atoms with Crippen molar-refractivity contribution in [2.24, 2.45) is 0 Å². The third-order valence-corrected chi connectivity index (χ3v) is 8.33. The van der Waals surface area contributed by atoms with Gasteiger partial charge >= 0.3 is 27.1 Å². The first-order valence-electron chi connectivity index (χ1n) is 14.4. The van der Waals surface area contributed by atoms with E-state index < -0.39 is 0 Å². The number of pyridine rings is 1. The van der Waals surface area contributed by atoms with Crippen LogP contribution in [0, 0.1) is 26.0 Å². The van der Waals surface area contributed by atoms with Gasteiger partial charge in [-0.1, -0.05) is 77.0 Å². The van der Waals surface area contributed by atoms with Crippen LogP contribution in [0.15, 0.2) is 108 Å². The molecule has 0 spiro atoms. The van der Waals surface area contributed by atoms with E-state index in [1.54, 1.807) is 12.5 Å². The van der Waals surface area contributed by atoms with Crippen molar-refractivity contribution in [2.75, 3.05) is 0 Å². The zero-order valence-electron chi connectivity index (χ0n) is 24.2. The van der Waals surface area contributed by atoms with Crippen LogP contribution in [0.3, 0.4) is 0 Å². The maximum Gasteiger partial charge on any atom is 2.00 e. The fraction of sp³-hybridized carbons (Fsp3) is 0.0541. The Bertz CT molecular complexity index is 2540. The number of aryl methyl sites for hydroxylation is 2. The molecule has 0 aliphatic heterocycles. The van der Waals surface area contributed by atoms with Crippen LogP contribution in [0.25, 0.3) is 66.5 Å². The monoisotopic (exact) mass is 764 g/mol. The van der Waals surface area contributed by atoms with Crippen LogP contribution in [0.1, 0.15) is 11.1 Å². The third-order valence-electron chi connectivity index (χ3n) is 8.33. The molecule has 218 valence electrons. The molecule has 0 atom stereocenters. The molecule has 0 bridgehead atoms. The summed E-state index contributed by atoms with van der Waals surface area (Å²) in [6.45, 7) is 4.22. The second-order valence-electron chi connectivity index (χ2n) is 10.9. The maximum absolute atomic E-state index is 6.42. The number of rotatable bonds is 4. The van der Waals surface area contributed by atoms with Crippen LogP contribution in [0.4, 0.5) is 0 Å². The molecule has 0 aliphatic rings. The minimum atomic E-state index is 0. The molecule has 0 radical (unpaired) electrons. The molecule has 0 saturated heterocycles. The first-order chi connectivity index (χ1) is 21.7. The van der Waals surface area contributed by atoms with Crippen molar-refractivity contribution < 1.29 is 30.2 Å². The molecule has 7 nitrogen and oxygen atoms in total. The van der Waals surface area contributed by atoms with Gasteiger partial charge in [0.15, 0.2) is 5.82 Å². The maximum atomic E-state index is 6.42. The number of ether oxygens (including phenoxy) is 1. The second-order valence-corrected chi connectivity index (χ2v) is 10.9. The molecule has 0 N–H and O–H groups in total. The summed E-state index contributed by atoms with van der Waals surface area (Å²) in [5.74, 6) is 1.92. The molecular formula is C37H23N5O2Pt. The van der Waals surface area contributed by atoms with Gasteiger partial charge in [-0.2, -0.15) is 11.2 Å². The molecule has 45 heavy (non-hydrogen) atoms. The van der Waals surface area contributed by atoms with E-state index in [0.717, 1.165) is 71.6 Å². The first kappa shape index (κ1) is 27.3. The number of aromatic nitrogens is 5. The Hall–Kier alpha value is -5.26. The first-order valence-corrected chi connectivity index (χ1v) is 14.4. The molecule has 4 heterocycles. The predicted octanol–water partition coefficient (Wildman–Crippen LogP) is 8.79. The van der Waals surface area contributed by atoms with Crippen LogP contribution in [-0.2, 0) is 21.1 Å². The molecule has 9 rings (SSSR count). The minimum absolute atomic E-state index is 0. The normalized spacial score (nSPS) is 11.6. The number of hydrogen-bond donors (Lipinski definition) is 0. The van der Waals surface area contributed by atoms with Crippen molar-refractivity contribution in [3.63, 3.8) is 0 Å². The summed E-state index contributed by atoms with van der Waals surface area (Å²) < 4.78 is 16.2. The number of oxazole rings is 1. The Morgan fingerprint density at radius 2 is 1.38 bits per heavy atom. The van der Waals surface area contributed by atoms with Crippen molar-refractivity contribution in [2.45, 2.75) is 13.8 Å². The quantitative estimate of drug-likeness (QED) is 0.132. The van der Waals surface area contributed by atoms with Gasteiger partial charge in [-0.3, -0.25) is 4.57 Å². The number of fused-ring (bicyclic) bond motifs is 9. The molecule has 0 unspecified atom stereocenters. The number of nitrogens with zero attached hydrogens (tertiary/aromatic N) is 5. The van der Waals surface area contributed by atoms with E-state index in [2.05, 4.69) is 83.9 Å². The van der Waals surface area contributed by atoms with Crippen LogP contribution in [0.2, 0.25) is 0 Å². The summed E-state index contributed by atoms with van der Waals surface area (Å²) in [6, 6.07) is 38.2. The molecule has 8 heteroatoms. The van der Waals surface area contributed by atoms with Gasteiger partial charge in [0, 0.05) is 28.1 Å². The zero-order valence-corrected chi connectivity index (χ0v) is 26.5. The molecule has 4 aromatic heterocycles. The minimum Gasteiger partial charge on any atom is -0.503 e. The van der Waals surface area contributed by atoms with Gasteiger partial charge in [-0.05, 0) is 47.9 Å². The van der Waals surface area contributed by atoms with E-state index >= 15 is 0 Å². The molecule has 0 fully saturated rings. The largest absolute Gasteiger partial charge is 2.00 e. The summed E-state index contributed by atoms with van der Waals surface area (Å²) in [5, 5.41) is 14.5. The smallest absolute Gasteiger partial charge is 0.503 e. The SMILES string of the molecule is Cc1cccc(C)c1-c1nnc2c3[c-]c(Oc4[c-]c5c(cc4)c4ccccc4n5-c4ncco4)ccc3c3ccccc3n12.[Pt+2]. The third kappa shape index (κ3) is 4.11. The van der Waals surface area contributed by atoms with E-state index in [1.165, 1.54) is 0 Å². The number of benzene rings is 5. The Labute approximate surface area is 272 Å². The Morgan fingerprint density at radius 3 is 2.13 bits per heavy atom. The standard InChI is InChI=1S/C37H23N5O2.Pt/c1-22-8-7-9-23(2)34(22)36-40-39-35-30-20-24(14-16-26(30)27-10-3-6-13-32(27)42(35)36)44-25-15-17-29-28-11-4-5-12-31(28)41(33(29)21-25)37-38-18-19-43-37;/h3-19H,1-2H3;/q-2;+2. The summed E-state index contributed by atoms with van der Waals surface area (Å²) in [7, 11) is 0. The van der Waals surface area contributed by atoms with Crippen molar-refractivity contribution in [1.29, 1.82) is 0 Å². The summed E-state index contributed by atoms with van der Waals surface area (Å²) >= 11 is 0. The number of hydrogen-bond acceptors (Lipinski definition) is 5. The fourth-order valence-corrected chi connectivity index (χ4v) is 6.41. The average molecular weight is 765 g/mol. The van der Waals surface area contributed by atoms with Gasteiger partial charge in [0.05, 0.1) is 11.8 Å². The average Bonchev–Trinajstić information content (AvgIpc) is 3.79. The van der Waals surface area contributed by atoms with Crippen LogP contribution in [0.5, 0.6) is 11.5 Å². The molecule has 0 saturated carbocycles. The summed E-state index contributed by atoms with van der Waals surface area (Å²) in [4.78, 5) is 4.41. The van der Waals surface area contributed by atoms with Gasteiger partial charge in [0.25, 0.3) is 0 Å². The molecule has 0 aliphatic carbocycles. The molecule has 5 aromatic carbocycles. The summed E-state index contributed by atoms with van der Waals surface area (Å²) in [6.07, 6.45) is 3.21. The van der Waals surface area contributed by atoms with Crippen molar-refractivity contribution in [3.05, 3.63) is 127 Å². The van der Waals surface area contributed by atoms with Crippen LogP contribution < -0.4 is 4.74 Å². The zero-order chi connectivity index (χ0) is 29.4. The van der Waals surface area contributed by atoms with Gasteiger partial charge in [-0.15, -0.1) is 34.8 Å². The Kier molecular flexibility index (Phi) is 6.33. The van der Waals surface area contributed by atoms with Gasteiger partial charge in [0.1, 0.15) is 6.26 Å². The van der Waals surface area contributed by atoms with E-state index in [-0.39, 0.29) is 21.1 Å². The molecule has 0 amide bonds. The van der Waals surface area contributed by atoms with E-state index in [0.29, 0.717) is 17.5 Å². The Balaban J connectivity index is 0.00000300. The molecule has 9 aromatic rings. The van der Waals surface area contributed by atoms with Crippen LogP contribution in [-0.4, -0.2) is 24.1 Å². The van der Waals surface area contributed by atoms with Gasteiger partial charge in [0.2, 0.25) is 0 Å². The van der Waals surface area contributed by atoms with E-state index in [4.69, 9.17) is 19.4 Å². The van der Waals surface area contributed by atoms with Crippen molar-refractivity contribution >= 4 is 49.1 Å². The topological polar surface area (TPSA) is 70.4 Å². The number of para-hydroxylation sites is 2. The predicted molar refractivity (Wildman–Crippen MR) is 171 cm³/mol. The van der Waals surface area contributed by atoms with Crippen molar-refractivity contribution in [3.8, 4) is 28.9 Å². The van der Waals surface area contributed by atoms with Crippen LogP contribution >= 0.6 is 0 Å². The van der Waals surface area contributed by atoms with Gasteiger partial charge < -0.3 is 13.6 Å². The van der Waals surface area contributed by atoms with E-state index in [1.807, 2.05) is 47.0 Å². The fourth-order valence-electron chi connectivity index (χ4n) is 6.41. The molecular weight excluding hydrogens is 742 g/mol. The second kappa shape index (κ2) is 10.4. The van der Waals surface area contributed by atoms with Crippen molar-refractivity contribution in [1.82, 2.24) is 24.1 Å².